The van der Waals surface area contributed by atoms with Gasteiger partial charge in [0, 0.05) is 43.0 Å². The molecule has 7 rings (SSSR count). The summed E-state index contributed by atoms with van der Waals surface area (Å²) in [5.74, 6) is -3.36. The Labute approximate surface area is 364 Å². The van der Waals surface area contributed by atoms with Gasteiger partial charge in [0.05, 0.1) is 35.0 Å². The molecule has 19 heteroatoms. The fourth-order valence-electron chi connectivity index (χ4n) is 7.94. The molecule has 0 saturated carbocycles. The number of aliphatic imine (C=N–C) groups is 1. The number of esters is 1. The predicted molar refractivity (Wildman–Crippen MR) is 225 cm³/mol. The minimum absolute atomic E-state index is 0.0000387. The fraction of sp³-hybridized carbons (Fsp3) is 0.356. The van der Waals surface area contributed by atoms with Crippen molar-refractivity contribution >= 4 is 41.1 Å². The number of benzene rings is 3. The molecule has 8 N–H and O–H groups in total. The number of aliphatic hydroxyl groups excluding tert-OH is 4. The van der Waals surface area contributed by atoms with Gasteiger partial charge in [0.2, 0.25) is 18.6 Å². The van der Waals surface area contributed by atoms with Crippen LogP contribution < -0.4 is 15.5 Å². The van der Waals surface area contributed by atoms with Gasteiger partial charge in [-0.25, -0.2) is 14.7 Å². The van der Waals surface area contributed by atoms with Crippen LogP contribution in [0.3, 0.4) is 0 Å². The molecular weight excluding hydrogens is 839 g/mol. The number of carbonyl (C=O) groups is 3. The highest BCUT2D eigenvalue weighted by Crippen LogP contribution is 2.44. The minimum Gasteiger partial charge on any atom is -0.508 e. The van der Waals surface area contributed by atoms with Gasteiger partial charge in [0.15, 0.2) is 23.2 Å². The Bertz CT molecular complexity index is 2530. The number of hydrogen-bond donors (Lipinski definition) is 8. The highest BCUT2D eigenvalue weighted by Gasteiger charge is 2.64. The van der Waals surface area contributed by atoms with Crippen molar-refractivity contribution in [2.75, 3.05) is 19.7 Å². The van der Waals surface area contributed by atoms with Crippen LogP contribution in [0, 0.1) is 13.8 Å². The molecule has 0 bridgehead atoms. The van der Waals surface area contributed by atoms with Gasteiger partial charge < -0.3 is 59.2 Å². The number of nitrogens with zero attached hydrogens (tertiary/aromatic N) is 2. The third-order valence-electron chi connectivity index (χ3n) is 11.0. The number of carboxylic acids is 1. The molecule has 0 aliphatic carbocycles. The third-order valence-corrected chi connectivity index (χ3v) is 11.0. The van der Waals surface area contributed by atoms with E-state index in [1.807, 2.05) is 32.0 Å². The average molecular weight is 886 g/mol. The van der Waals surface area contributed by atoms with Gasteiger partial charge in [-0.3, -0.25) is 19.9 Å². The Morgan fingerprint density at radius 2 is 1.80 bits per heavy atom. The maximum absolute atomic E-state index is 13.6. The highest BCUT2D eigenvalue weighted by molar-refractivity contribution is 5.98. The number of carbonyl (C=O) groups excluding carboxylic acids is 2. The van der Waals surface area contributed by atoms with Gasteiger partial charge in [-0.15, -0.1) is 0 Å². The lowest BCUT2D eigenvalue weighted by Crippen LogP contribution is -2.75. The summed E-state index contributed by atoms with van der Waals surface area (Å²) in [6.07, 6.45) is -8.48. The molecule has 0 spiro atoms. The standard InChI is InChI=1S/C45H47N3O16/c1-23-17-24(2)19-27(18-23)36-34-26(12-14-47-34)21-48(36)64-40-44(61-29-10-11-30-32(20-29)60-22-31(37(30)53)25-6-8-28(51)9-7-25)62-38(39(54)45(40,59)33(52)5-3-15-49)43(58)63-42(57)35(41(55)56)46-13-4-16-50/h6-12,14,16-20,22,33,35,38-40,43-44,46,49,51-52,54,58-59H,3-5,13,15,21H2,1-2H3,(H,55,56). The van der Waals surface area contributed by atoms with Crippen molar-refractivity contribution in [2.24, 2.45) is 4.99 Å². The quantitative estimate of drug-likeness (QED) is 0.0232. The Hall–Kier alpha value is -6.29. The predicted octanol–water partition coefficient (Wildman–Crippen LogP) is 1.60. The monoisotopic (exact) mass is 885 g/mol. The number of aliphatic carboxylic acids is 1. The highest BCUT2D eigenvalue weighted by atomic mass is 16.8. The smallest absolute Gasteiger partial charge is 0.337 e. The van der Waals surface area contributed by atoms with Crippen molar-refractivity contribution in [3.63, 3.8) is 0 Å². The van der Waals surface area contributed by atoms with Gasteiger partial charge in [-0.1, -0.05) is 29.3 Å². The molecule has 1 aromatic heterocycles. The van der Waals surface area contributed by atoms with Gasteiger partial charge in [-0.05, 0) is 74.7 Å². The summed E-state index contributed by atoms with van der Waals surface area (Å²) in [6, 6.07) is 13.7. The number of nitrogens with one attached hydrogen (secondary N) is 1. The third kappa shape index (κ3) is 9.19. The molecule has 8 unspecified atom stereocenters. The van der Waals surface area contributed by atoms with E-state index in [1.54, 1.807) is 24.4 Å². The van der Waals surface area contributed by atoms with Crippen LogP contribution in [0.4, 0.5) is 0 Å². The van der Waals surface area contributed by atoms with E-state index in [2.05, 4.69) is 10.3 Å². The van der Waals surface area contributed by atoms with Gasteiger partial charge >= 0.3 is 11.9 Å². The van der Waals surface area contributed by atoms with Crippen molar-refractivity contribution in [3.05, 3.63) is 111 Å². The number of aryl methyl sites for hydroxylation is 2. The number of aliphatic hydroxyl groups is 5. The van der Waals surface area contributed by atoms with Crippen molar-refractivity contribution < 1.29 is 73.6 Å². The topological polar surface area (TPSA) is 288 Å². The number of ether oxygens (including phenoxy) is 3. The van der Waals surface area contributed by atoms with Crippen molar-refractivity contribution in [1.29, 1.82) is 0 Å². The lowest BCUT2D eigenvalue weighted by atomic mass is 9.77. The summed E-state index contributed by atoms with van der Waals surface area (Å²) in [6.45, 7) is 3.16. The molecule has 1 saturated heterocycles. The lowest BCUT2D eigenvalue weighted by molar-refractivity contribution is -0.385. The molecule has 19 nitrogen and oxygen atoms in total. The second kappa shape index (κ2) is 19.2. The van der Waals surface area contributed by atoms with E-state index in [-0.39, 0.29) is 60.4 Å². The maximum atomic E-state index is 13.6. The van der Waals surface area contributed by atoms with Crippen molar-refractivity contribution in [1.82, 2.24) is 10.4 Å². The zero-order valence-corrected chi connectivity index (χ0v) is 34.6. The molecule has 1 fully saturated rings. The number of phenolic OH excluding ortho intramolecular Hbond substituents is 1. The maximum Gasteiger partial charge on any atom is 0.337 e. The zero-order valence-electron chi connectivity index (χ0n) is 34.6. The first-order valence-corrected chi connectivity index (χ1v) is 20.3. The van der Waals surface area contributed by atoms with Crippen LogP contribution in [-0.4, -0.2) is 134 Å². The zero-order chi connectivity index (χ0) is 45.9. The number of aldehydes is 1. The van der Waals surface area contributed by atoms with Crippen molar-refractivity contribution in [3.8, 4) is 22.6 Å². The summed E-state index contributed by atoms with van der Waals surface area (Å²) in [5.41, 5.74) is 1.56. The molecule has 8 atom stereocenters. The van der Waals surface area contributed by atoms with E-state index in [4.69, 9.17) is 23.5 Å². The molecule has 338 valence electrons. The van der Waals surface area contributed by atoms with E-state index in [1.165, 1.54) is 41.7 Å². The number of hydroxylamine groups is 2. The second-order valence-electron chi connectivity index (χ2n) is 15.6. The first kappa shape index (κ1) is 45.7. The Kier molecular flexibility index (Phi) is 13.7. The number of rotatable bonds is 18. The Morgan fingerprint density at radius 1 is 1.06 bits per heavy atom. The molecule has 3 aromatic carbocycles. The first-order valence-electron chi connectivity index (χ1n) is 20.3. The first-order chi connectivity index (χ1) is 30.6. The minimum atomic E-state index is -2.90. The SMILES string of the molecule is Cc1cc(C)cc(C2=C3N=CC=C3CN2OC2C(Oc3ccc4c(=O)c(-c5ccc(O)cc5)coc4c3)OC(C(O)OC(=O)C(NCCC=O)C(=O)O)C(O)C2(O)C(O)CCCO)c1. The number of allylic oxidation sites excluding steroid dienone is 1. The molecule has 4 heterocycles. The normalized spacial score (nSPS) is 23.1. The average Bonchev–Trinajstić information content (AvgIpc) is 3.85. The molecule has 64 heavy (non-hydrogen) atoms. The molecular formula is C45H47N3O16. The number of hydrogen-bond acceptors (Lipinski definition) is 18. The number of fused-ring (bicyclic) bond motifs is 2. The van der Waals surface area contributed by atoms with E-state index < -0.39 is 72.6 Å². The van der Waals surface area contributed by atoms with Crippen molar-refractivity contribution in [2.45, 2.75) is 81.7 Å². The molecule has 3 aliphatic heterocycles. The van der Waals surface area contributed by atoms with E-state index in [9.17, 15) is 54.9 Å². The van der Waals surface area contributed by atoms with Crippen LogP contribution >= 0.6 is 0 Å². The van der Waals surface area contributed by atoms with Crippen LogP contribution in [0.15, 0.2) is 98.5 Å². The number of aromatic hydroxyl groups is 1. The fourth-order valence-corrected chi connectivity index (χ4v) is 7.94. The van der Waals surface area contributed by atoms with Crippen LogP contribution in [0.25, 0.3) is 27.8 Å². The molecule has 0 radical (unpaired) electrons. The van der Waals surface area contributed by atoms with Crippen LogP contribution in [0.1, 0.15) is 36.0 Å². The van der Waals surface area contributed by atoms with E-state index in [0.717, 1.165) is 16.7 Å². The summed E-state index contributed by atoms with van der Waals surface area (Å²) in [5, 5.41) is 81.0. The van der Waals surface area contributed by atoms with Gasteiger partial charge in [0.1, 0.15) is 35.7 Å². The Morgan fingerprint density at radius 3 is 2.48 bits per heavy atom. The molecule has 4 aromatic rings. The van der Waals surface area contributed by atoms with Crippen LogP contribution in [0.5, 0.6) is 11.5 Å². The van der Waals surface area contributed by atoms with Gasteiger partial charge in [-0.2, -0.15) is 0 Å². The number of phenols is 1. The van der Waals surface area contributed by atoms with Crippen LogP contribution in [-0.2, 0) is 28.7 Å². The summed E-state index contributed by atoms with van der Waals surface area (Å²) >= 11 is 0. The molecule has 0 amide bonds. The van der Waals surface area contributed by atoms with Gasteiger partial charge in [0.25, 0.3) is 0 Å². The summed E-state index contributed by atoms with van der Waals surface area (Å²) in [4.78, 5) is 60.7. The summed E-state index contributed by atoms with van der Waals surface area (Å²) in [7, 11) is 0. The lowest BCUT2D eigenvalue weighted by Gasteiger charge is -2.52. The van der Waals surface area contributed by atoms with E-state index in [0.29, 0.717) is 28.8 Å². The molecule has 3 aliphatic rings. The number of carboxylic acid groups (broad SMARTS) is 1. The second-order valence-corrected chi connectivity index (χ2v) is 15.6. The largest absolute Gasteiger partial charge is 0.508 e. The van der Waals surface area contributed by atoms with Crippen LogP contribution in [0.2, 0.25) is 0 Å². The summed E-state index contributed by atoms with van der Waals surface area (Å²) < 4.78 is 23.3. The van der Waals surface area contributed by atoms with E-state index >= 15 is 0 Å². The Balaban J connectivity index is 1.30.